The van der Waals surface area contributed by atoms with Crippen LogP contribution in [0.2, 0.25) is 6.32 Å². The smallest absolute Gasteiger partial charge is 0.466 e. The highest BCUT2D eigenvalue weighted by molar-refractivity contribution is 6.58. The zero-order valence-corrected chi connectivity index (χ0v) is 6.15. The quantitative estimate of drug-likeness (QED) is 0.473. The van der Waals surface area contributed by atoms with E-state index in [1.807, 2.05) is 0 Å². The van der Waals surface area contributed by atoms with Gasteiger partial charge in [-0.2, -0.15) is 0 Å². The molecule has 0 radical (unpaired) electrons. The summed E-state index contributed by atoms with van der Waals surface area (Å²) in [6.45, 7) is -3.17. The maximum Gasteiger partial charge on any atom is 0.478 e. The molecule has 11 heavy (non-hydrogen) atoms. The summed E-state index contributed by atoms with van der Waals surface area (Å²) in [7, 11) is 0. The first-order valence-electron chi connectivity index (χ1n) is 3.32. The first kappa shape index (κ1) is 10.3. The molecule has 0 aromatic carbocycles. The van der Waals surface area contributed by atoms with Crippen molar-refractivity contribution in [2.45, 2.75) is 19.7 Å². The standard InChI is InChI=1S/C5H9BF3O2/c1-2-11-5(10)3-4-6(7,8)9/h2-4H2,1H3/q-1. The molecule has 0 saturated carbocycles. The average molecular weight is 169 g/mol. The third-order valence-electron chi connectivity index (χ3n) is 0.981. The molecule has 0 spiro atoms. The summed E-state index contributed by atoms with van der Waals surface area (Å²) in [6, 6.07) is 0. The molecule has 0 aromatic heterocycles. The minimum Gasteiger partial charge on any atom is -0.466 e. The first-order chi connectivity index (χ1) is 4.95. The average Bonchev–Trinajstić information content (AvgIpc) is 1.83. The van der Waals surface area contributed by atoms with Crippen molar-refractivity contribution in [1.29, 1.82) is 0 Å². The summed E-state index contributed by atoms with van der Waals surface area (Å²) < 4.78 is 38.8. The molecule has 0 bridgehead atoms. The second-order valence-corrected chi connectivity index (χ2v) is 2.05. The van der Waals surface area contributed by atoms with Gasteiger partial charge in [0.25, 0.3) is 0 Å². The number of hydrogen-bond acceptors (Lipinski definition) is 2. The lowest BCUT2D eigenvalue weighted by Gasteiger charge is -2.11. The highest BCUT2D eigenvalue weighted by atomic mass is 19.4. The van der Waals surface area contributed by atoms with Crippen LogP contribution < -0.4 is 0 Å². The van der Waals surface area contributed by atoms with Crippen LogP contribution in [0.5, 0.6) is 0 Å². The van der Waals surface area contributed by atoms with E-state index in [0.717, 1.165) is 0 Å². The van der Waals surface area contributed by atoms with Gasteiger partial charge in [0.1, 0.15) is 0 Å². The van der Waals surface area contributed by atoms with Gasteiger partial charge in [-0.05, 0) is 6.92 Å². The van der Waals surface area contributed by atoms with Gasteiger partial charge in [-0.3, -0.25) is 4.79 Å². The van der Waals surface area contributed by atoms with Crippen LogP contribution in [-0.4, -0.2) is 19.6 Å². The van der Waals surface area contributed by atoms with E-state index in [9.17, 15) is 17.7 Å². The fourth-order valence-corrected chi connectivity index (χ4v) is 0.515. The Morgan fingerprint density at radius 2 is 2.00 bits per heavy atom. The highest BCUT2D eigenvalue weighted by Crippen LogP contribution is 2.16. The van der Waals surface area contributed by atoms with Gasteiger partial charge in [0.05, 0.1) is 6.61 Å². The van der Waals surface area contributed by atoms with E-state index >= 15 is 0 Å². The molecule has 0 rings (SSSR count). The Hall–Kier alpha value is -0.675. The van der Waals surface area contributed by atoms with Crippen molar-refractivity contribution in [3.63, 3.8) is 0 Å². The predicted molar refractivity (Wildman–Crippen MR) is 35.1 cm³/mol. The predicted octanol–water partition coefficient (Wildman–Crippen LogP) is 1.79. The topological polar surface area (TPSA) is 26.3 Å². The fraction of sp³-hybridized carbons (Fsp3) is 0.800. The van der Waals surface area contributed by atoms with Crippen LogP contribution in [-0.2, 0) is 9.53 Å². The molecule has 6 heteroatoms. The molecule has 0 aliphatic rings. The van der Waals surface area contributed by atoms with Crippen LogP contribution in [0, 0.1) is 0 Å². The van der Waals surface area contributed by atoms with Crippen molar-refractivity contribution in [2.24, 2.45) is 0 Å². The maximum absolute atomic E-state index is 11.5. The zero-order valence-electron chi connectivity index (χ0n) is 6.15. The minimum absolute atomic E-state index is 0.129. The zero-order chi connectivity index (χ0) is 8.91. The number of carbonyl (C=O) groups is 1. The molecule has 0 N–H and O–H groups in total. The Kier molecular flexibility index (Phi) is 3.99. The van der Waals surface area contributed by atoms with Crippen LogP contribution in [0.4, 0.5) is 12.9 Å². The lowest BCUT2D eigenvalue weighted by Crippen LogP contribution is -2.17. The maximum atomic E-state index is 11.5. The molecule has 0 heterocycles. The lowest BCUT2D eigenvalue weighted by atomic mass is 9.84. The molecule has 2 nitrogen and oxygen atoms in total. The Morgan fingerprint density at radius 1 is 1.45 bits per heavy atom. The van der Waals surface area contributed by atoms with Gasteiger partial charge in [0.15, 0.2) is 0 Å². The number of rotatable bonds is 4. The third kappa shape index (κ3) is 7.22. The molecule has 0 aliphatic carbocycles. The first-order valence-corrected chi connectivity index (χ1v) is 3.32. The van der Waals surface area contributed by atoms with Gasteiger partial charge < -0.3 is 17.7 Å². The van der Waals surface area contributed by atoms with Gasteiger partial charge in [-0.15, -0.1) is 0 Å². The molecule has 0 fully saturated rings. The van der Waals surface area contributed by atoms with Crippen molar-refractivity contribution in [2.75, 3.05) is 6.61 Å². The van der Waals surface area contributed by atoms with Crippen LogP contribution in [0.15, 0.2) is 0 Å². The summed E-state index contributed by atoms with van der Waals surface area (Å²) in [4.78, 5) is 10.4. The molecular weight excluding hydrogens is 160 g/mol. The van der Waals surface area contributed by atoms with Crippen molar-refractivity contribution in [1.82, 2.24) is 0 Å². The highest BCUT2D eigenvalue weighted by Gasteiger charge is 2.23. The second kappa shape index (κ2) is 4.25. The van der Waals surface area contributed by atoms with Crippen molar-refractivity contribution < 1.29 is 22.5 Å². The van der Waals surface area contributed by atoms with Gasteiger partial charge in [-0.1, -0.05) is 6.32 Å². The second-order valence-electron chi connectivity index (χ2n) is 2.05. The van der Waals surface area contributed by atoms with Crippen LogP contribution in [0.25, 0.3) is 0 Å². The van der Waals surface area contributed by atoms with Crippen molar-refractivity contribution in [3.8, 4) is 0 Å². The third-order valence-corrected chi connectivity index (χ3v) is 0.981. The van der Waals surface area contributed by atoms with Crippen molar-refractivity contribution >= 4 is 12.9 Å². The van der Waals surface area contributed by atoms with E-state index in [1.54, 1.807) is 6.92 Å². The molecule has 0 saturated heterocycles. The van der Waals surface area contributed by atoms with E-state index in [2.05, 4.69) is 4.74 Å². The molecule has 0 unspecified atom stereocenters. The Balaban J connectivity index is 3.46. The molecule has 0 atom stereocenters. The fourth-order valence-electron chi connectivity index (χ4n) is 0.515. The van der Waals surface area contributed by atoms with Gasteiger partial charge >= 0.3 is 12.9 Å². The molecule has 66 valence electrons. The van der Waals surface area contributed by atoms with Crippen LogP contribution in [0.3, 0.4) is 0 Å². The number of carbonyl (C=O) groups excluding carboxylic acids is 1. The largest absolute Gasteiger partial charge is 0.478 e. The molecule has 0 aliphatic heterocycles. The monoisotopic (exact) mass is 169 g/mol. The Bertz CT molecular complexity index is 134. The number of ether oxygens (including phenoxy) is 1. The van der Waals surface area contributed by atoms with E-state index in [1.165, 1.54) is 0 Å². The van der Waals surface area contributed by atoms with E-state index in [4.69, 9.17) is 0 Å². The summed E-state index contributed by atoms with van der Waals surface area (Å²) >= 11 is 0. The van der Waals surface area contributed by atoms with Crippen molar-refractivity contribution in [3.05, 3.63) is 0 Å². The number of esters is 1. The van der Waals surface area contributed by atoms with Gasteiger partial charge in [-0.25, -0.2) is 0 Å². The number of halogens is 3. The van der Waals surface area contributed by atoms with E-state index < -0.39 is 25.7 Å². The molecule has 0 amide bonds. The summed E-state index contributed by atoms with van der Waals surface area (Å²) in [5.74, 6) is -0.785. The van der Waals surface area contributed by atoms with Gasteiger partial charge in [0, 0.05) is 6.42 Å². The normalized spacial score (nSPS) is 11.3. The summed E-state index contributed by atoms with van der Waals surface area (Å²) in [5.41, 5.74) is 0. The molecule has 0 aromatic rings. The Labute approximate surface area is 62.8 Å². The summed E-state index contributed by atoms with van der Waals surface area (Å²) in [6.07, 6.45) is -1.60. The Morgan fingerprint density at radius 3 is 2.36 bits per heavy atom. The van der Waals surface area contributed by atoms with Gasteiger partial charge in [0.2, 0.25) is 0 Å². The number of hydrogen-bond donors (Lipinski definition) is 0. The summed E-state index contributed by atoms with van der Waals surface area (Å²) in [5, 5.41) is 0. The van der Waals surface area contributed by atoms with E-state index in [0.29, 0.717) is 0 Å². The van der Waals surface area contributed by atoms with E-state index in [-0.39, 0.29) is 6.61 Å². The lowest BCUT2D eigenvalue weighted by molar-refractivity contribution is -0.142. The minimum atomic E-state index is -4.85. The van der Waals surface area contributed by atoms with Crippen LogP contribution in [0.1, 0.15) is 13.3 Å². The van der Waals surface area contributed by atoms with Crippen LogP contribution >= 0.6 is 0 Å². The molecular formula is C5H9BF3O2-. The SMILES string of the molecule is CCOC(=O)CC[B-](F)(F)F.